The van der Waals surface area contributed by atoms with E-state index in [0.717, 1.165) is 26.1 Å². The van der Waals surface area contributed by atoms with Crippen LogP contribution in [0, 0.1) is 5.92 Å². The first-order valence-corrected chi connectivity index (χ1v) is 5.17. The van der Waals surface area contributed by atoms with Crippen molar-refractivity contribution in [2.75, 3.05) is 26.3 Å². The van der Waals surface area contributed by atoms with Crippen LogP contribution >= 0.6 is 0 Å². The fourth-order valence-electron chi connectivity index (χ4n) is 1.91. The van der Waals surface area contributed by atoms with Crippen molar-refractivity contribution in [2.24, 2.45) is 5.92 Å². The van der Waals surface area contributed by atoms with E-state index in [4.69, 9.17) is 9.84 Å². The lowest BCUT2D eigenvalue weighted by molar-refractivity contribution is -0.145. The number of hydrogen-bond acceptors (Lipinski definition) is 3. The Morgan fingerprint density at radius 1 is 1.36 bits per heavy atom. The number of aliphatic carboxylic acids is 1. The molecule has 4 nitrogen and oxygen atoms in total. The minimum Gasteiger partial charge on any atom is -0.480 e. The average Bonchev–Trinajstić information content (AvgIpc) is 2.31. The third-order valence-corrected chi connectivity index (χ3v) is 2.53. The van der Waals surface area contributed by atoms with Crippen molar-refractivity contribution in [1.29, 1.82) is 0 Å². The van der Waals surface area contributed by atoms with Gasteiger partial charge in [-0.15, -0.1) is 0 Å². The summed E-state index contributed by atoms with van der Waals surface area (Å²) in [6.45, 7) is 6.86. The first-order valence-electron chi connectivity index (χ1n) is 5.17. The third-order valence-electron chi connectivity index (χ3n) is 2.53. The van der Waals surface area contributed by atoms with Crippen molar-refractivity contribution in [1.82, 2.24) is 4.90 Å². The molecular weight excluding hydrogens is 182 g/mol. The van der Waals surface area contributed by atoms with Gasteiger partial charge in [0.1, 0.15) is 6.04 Å². The van der Waals surface area contributed by atoms with Gasteiger partial charge in [-0.05, 0) is 12.3 Å². The van der Waals surface area contributed by atoms with Crippen molar-refractivity contribution in [3.8, 4) is 0 Å². The van der Waals surface area contributed by atoms with Crippen LogP contribution < -0.4 is 0 Å². The van der Waals surface area contributed by atoms with Crippen LogP contribution in [0.25, 0.3) is 0 Å². The molecule has 0 radical (unpaired) electrons. The van der Waals surface area contributed by atoms with Gasteiger partial charge in [-0.25, -0.2) is 0 Å². The molecule has 1 atom stereocenters. The van der Waals surface area contributed by atoms with Crippen LogP contribution in [0.5, 0.6) is 0 Å². The summed E-state index contributed by atoms with van der Waals surface area (Å²) in [6.07, 6.45) is 0.927. The molecule has 1 fully saturated rings. The van der Waals surface area contributed by atoms with Gasteiger partial charge in [0.05, 0.1) is 6.61 Å². The molecule has 0 amide bonds. The fraction of sp³-hybridized carbons (Fsp3) is 0.900. The van der Waals surface area contributed by atoms with E-state index in [1.807, 2.05) is 18.7 Å². The molecule has 4 heteroatoms. The van der Waals surface area contributed by atoms with Crippen LogP contribution in [0.2, 0.25) is 0 Å². The Morgan fingerprint density at radius 2 is 2.07 bits per heavy atom. The fourth-order valence-corrected chi connectivity index (χ4v) is 1.91. The van der Waals surface area contributed by atoms with Crippen molar-refractivity contribution in [3.05, 3.63) is 0 Å². The molecule has 1 heterocycles. The van der Waals surface area contributed by atoms with Gasteiger partial charge < -0.3 is 9.84 Å². The van der Waals surface area contributed by atoms with Crippen molar-refractivity contribution in [3.63, 3.8) is 0 Å². The largest absolute Gasteiger partial charge is 0.480 e. The first-order chi connectivity index (χ1) is 6.63. The van der Waals surface area contributed by atoms with Gasteiger partial charge in [0, 0.05) is 19.7 Å². The summed E-state index contributed by atoms with van der Waals surface area (Å²) < 4.78 is 5.30. The monoisotopic (exact) mass is 201 g/mol. The van der Waals surface area contributed by atoms with E-state index in [-0.39, 0.29) is 12.0 Å². The Kier molecular flexibility index (Phi) is 4.35. The van der Waals surface area contributed by atoms with Crippen LogP contribution in [0.4, 0.5) is 0 Å². The Hall–Kier alpha value is -0.610. The lowest BCUT2D eigenvalue weighted by Crippen LogP contribution is -2.45. The summed E-state index contributed by atoms with van der Waals surface area (Å²) in [5.74, 6) is -0.576. The van der Waals surface area contributed by atoms with Gasteiger partial charge in [0.2, 0.25) is 0 Å². The second kappa shape index (κ2) is 5.32. The predicted molar refractivity (Wildman–Crippen MR) is 53.3 cm³/mol. The highest BCUT2D eigenvalue weighted by atomic mass is 16.5. The van der Waals surface area contributed by atoms with Crippen LogP contribution in [-0.2, 0) is 9.53 Å². The highest BCUT2D eigenvalue weighted by Crippen LogP contribution is 2.13. The van der Waals surface area contributed by atoms with Crippen molar-refractivity contribution >= 4 is 5.97 Å². The van der Waals surface area contributed by atoms with E-state index in [2.05, 4.69) is 0 Å². The van der Waals surface area contributed by atoms with Gasteiger partial charge >= 0.3 is 5.97 Å². The Labute approximate surface area is 84.8 Å². The minimum atomic E-state index is -0.720. The molecule has 0 aliphatic carbocycles. The van der Waals surface area contributed by atoms with Crippen LogP contribution in [-0.4, -0.2) is 48.3 Å². The normalized spacial score (nSPS) is 21.9. The number of carboxylic acids is 1. The number of carbonyl (C=O) groups is 1. The average molecular weight is 201 g/mol. The molecular formula is C10H19NO3. The van der Waals surface area contributed by atoms with E-state index >= 15 is 0 Å². The molecule has 1 rings (SSSR count). The molecule has 1 saturated heterocycles. The number of ether oxygens (including phenoxy) is 1. The van der Waals surface area contributed by atoms with E-state index in [0.29, 0.717) is 6.61 Å². The van der Waals surface area contributed by atoms with Gasteiger partial charge in [0.25, 0.3) is 0 Å². The molecule has 0 saturated carbocycles. The molecule has 0 bridgehead atoms. The lowest BCUT2D eigenvalue weighted by atomic mass is 10.0. The Morgan fingerprint density at radius 3 is 2.64 bits per heavy atom. The van der Waals surface area contributed by atoms with Crippen LogP contribution in [0.15, 0.2) is 0 Å². The Bertz CT molecular complexity index is 186. The topological polar surface area (TPSA) is 49.8 Å². The summed E-state index contributed by atoms with van der Waals surface area (Å²) in [5, 5.41) is 9.11. The summed E-state index contributed by atoms with van der Waals surface area (Å²) in [4.78, 5) is 13.1. The number of carboxylic acid groups (broad SMARTS) is 1. The second-order valence-corrected chi connectivity index (χ2v) is 4.03. The van der Waals surface area contributed by atoms with Crippen LogP contribution in [0.3, 0.4) is 0 Å². The molecule has 0 aromatic rings. The van der Waals surface area contributed by atoms with Gasteiger partial charge in [-0.3, -0.25) is 9.69 Å². The Balaban J connectivity index is 2.60. The van der Waals surface area contributed by atoms with Gasteiger partial charge in [-0.1, -0.05) is 13.8 Å². The standard InChI is InChI=1S/C10H19NO3/c1-8(2)9(10(12)13)11-4-3-6-14-7-5-11/h8-9H,3-7H2,1-2H3,(H,12,13). The smallest absolute Gasteiger partial charge is 0.321 e. The summed E-state index contributed by atoms with van der Waals surface area (Å²) in [7, 11) is 0. The van der Waals surface area contributed by atoms with E-state index in [1.54, 1.807) is 0 Å². The molecule has 14 heavy (non-hydrogen) atoms. The highest BCUT2D eigenvalue weighted by Gasteiger charge is 2.28. The van der Waals surface area contributed by atoms with E-state index in [9.17, 15) is 4.79 Å². The zero-order valence-corrected chi connectivity index (χ0v) is 8.90. The highest BCUT2D eigenvalue weighted by molar-refractivity contribution is 5.73. The van der Waals surface area contributed by atoms with Crippen LogP contribution in [0.1, 0.15) is 20.3 Å². The SMILES string of the molecule is CC(C)C(C(=O)O)N1CCCOCC1. The molecule has 0 aromatic heterocycles. The zero-order chi connectivity index (χ0) is 10.6. The second-order valence-electron chi connectivity index (χ2n) is 4.03. The summed E-state index contributed by atoms with van der Waals surface area (Å²) in [5.41, 5.74) is 0. The number of hydrogen-bond donors (Lipinski definition) is 1. The lowest BCUT2D eigenvalue weighted by Gasteiger charge is -2.29. The molecule has 0 aromatic carbocycles. The maximum atomic E-state index is 11.1. The van der Waals surface area contributed by atoms with Gasteiger partial charge in [-0.2, -0.15) is 0 Å². The minimum absolute atomic E-state index is 0.144. The van der Waals surface area contributed by atoms with Crippen molar-refractivity contribution in [2.45, 2.75) is 26.3 Å². The maximum absolute atomic E-state index is 11.1. The summed E-state index contributed by atoms with van der Waals surface area (Å²) in [6, 6.07) is -0.364. The van der Waals surface area contributed by atoms with Crippen molar-refractivity contribution < 1.29 is 14.6 Å². The maximum Gasteiger partial charge on any atom is 0.321 e. The summed E-state index contributed by atoms with van der Waals surface area (Å²) >= 11 is 0. The third kappa shape index (κ3) is 2.96. The molecule has 1 aliphatic rings. The predicted octanol–water partition coefficient (Wildman–Crippen LogP) is 0.818. The van der Waals surface area contributed by atoms with E-state index in [1.165, 1.54) is 0 Å². The van der Waals surface area contributed by atoms with E-state index < -0.39 is 5.97 Å². The molecule has 1 N–H and O–H groups in total. The molecule has 1 aliphatic heterocycles. The number of rotatable bonds is 3. The first kappa shape index (κ1) is 11.5. The zero-order valence-electron chi connectivity index (χ0n) is 8.90. The quantitative estimate of drug-likeness (QED) is 0.734. The molecule has 82 valence electrons. The number of nitrogens with zero attached hydrogens (tertiary/aromatic N) is 1. The molecule has 1 unspecified atom stereocenters. The van der Waals surface area contributed by atoms with Gasteiger partial charge in [0.15, 0.2) is 0 Å². The molecule has 0 spiro atoms.